The lowest BCUT2D eigenvalue weighted by Gasteiger charge is -2.31. The number of nitrogens with zero attached hydrogens (tertiary/aromatic N) is 3. The zero-order valence-corrected chi connectivity index (χ0v) is 12.9. The van der Waals surface area contributed by atoms with Gasteiger partial charge in [-0.05, 0) is 19.1 Å². The van der Waals surface area contributed by atoms with Crippen molar-refractivity contribution in [2.24, 2.45) is 0 Å². The molecule has 4 nitrogen and oxygen atoms in total. The van der Waals surface area contributed by atoms with Crippen LogP contribution in [0.3, 0.4) is 0 Å². The highest BCUT2D eigenvalue weighted by atomic mass is 32.1. The number of thiazole rings is 1. The number of hydrogen-bond acceptors (Lipinski definition) is 5. The zero-order chi connectivity index (χ0) is 14.7. The van der Waals surface area contributed by atoms with Gasteiger partial charge in [-0.15, -0.1) is 11.3 Å². The van der Waals surface area contributed by atoms with Crippen molar-refractivity contribution in [3.05, 3.63) is 40.2 Å². The average molecular weight is 298 g/mol. The molecule has 108 valence electrons. The van der Waals surface area contributed by atoms with E-state index in [1.807, 2.05) is 24.3 Å². The Morgan fingerprint density at radius 3 is 2.95 bits per heavy atom. The van der Waals surface area contributed by atoms with Gasteiger partial charge in [0.25, 0.3) is 0 Å². The molecule has 2 aromatic rings. The van der Waals surface area contributed by atoms with Crippen LogP contribution < -0.4 is 5.32 Å². The third kappa shape index (κ3) is 3.13. The van der Waals surface area contributed by atoms with Crippen molar-refractivity contribution < 1.29 is 0 Å². The number of aromatic nitrogens is 1. The summed E-state index contributed by atoms with van der Waals surface area (Å²) in [5.41, 5.74) is 2.66. The van der Waals surface area contributed by atoms with E-state index in [-0.39, 0.29) is 0 Å². The van der Waals surface area contributed by atoms with Crippen LogP contribution in [0.15, 0.2) is 29.6 Å². The van der Waals surface area contributed by atoms with Crippen molar-refractivity contribution in [2.75, 3.05) is 26.2 Å². The second-order valence-electron chi connectivity index (χ2n) is 5.23. The Labute approximate surface area is 129 Å². The number of nitrogens with one attached hydrogen (secondary N) is 1. The van der Waals surface area contributed by atoms with E-state index >= 15 is 0 Å². The molecule has 0 aliphatic carbocycles. The molecule has 1 aromatic heterocycles. The molecule has 1 atom stereocenters. The maximum Gasteiger partial charge on any atom is 0.110 e. The van der Waals surface area contributed by atoms with Crippen LogP contribution in [0.25, 0.3) is 11.3 Å². The summed E-state index contributed by atoms with van der Waals surface area (Å²) >= 11 is 1.70. The lowest BCUT2D eigenvalue weighted by molar-refractivity contribution is 0.185. The second kappa shape index (κ2) is 6.35. The van der Waals surface area contributed by atoms with Crippen LogP contribution in [0, 0.1) is 11.3 Å². The first-order valence-corrected chi connectivity index (χ1v) is 8.06. The van der Waals surface area contributed by atoms with E-state index in [1.165, 1.54) is 0 Å². The minimum Gasteiger partial charge on any atom is -0.314 e. The van der Waals surface area contributed by atoms with Crippen molar-refractivity contribution in [2.45, 2.75) is 13.0 Å². The molecule has 0 radical (unpaired) electrons. The average Bonchev–Trinajstić information content (AvgIpc) is 3.05. The van der Waals surface area contributed by atoms with E-state index in [2.05, 4.69) is 28.6 Å². The number of benzene rings is 1. The summed E-state index contributed by atoms with van der Waals surface area (Å²) < 4.78 is 0. The minimum absolute atomic E-state index is 0.352. The number of piperazine rings is 1. The molecule has 1 fully saturated rings. The summed E-state index contributed by atoms with van der Waals surface area (Å²) in [4.78, 5) is 7.24. The van der Waals surface area contributed by atoms with Crippen molar-refractivity contribution in [3.8, 4) is 17.3 Å². The maximum absolute atomic E-state index is 8.99. The van der Waals surface area contributed by atoms with Crippen molar-refractivity contribution in [1.82, 2.24) is 15.2 Å². The standard InChI is InChI=1S/C16H18N4S/c1-12(20-7-5-18-6-8-20)16-19-15(11-21-16)14-4-2-3-13(9-14)10-17/h2-4,9,11-12,18H,5-8H2,1H3. The summed E-state index contributed by atoms with van der Waals surface area (Å²) in [5, 5.41) is 15.6. The Kier molecular flexibility index (Phi) is 4.30. The van der Waals surface area contributed by atoms with Gasteiger partial charge in [0, 0.05) is 37.1 Å². The molecule has 5 heteroatoms. The van der Waals surface area contributed by atoms with Gasteiger partial charge in [0.05, 0.1) is 23.4 Å². The minimum atomic E-state index is 0.352. The molecule has 1 aliphatic heterocycles. The lowest BCUT2D eigenvalue weighted by Crippen LogP contribution is -2.44. The highest BCUT2D eigenvalue weighted by Crippen LogP contribution is 2.28. The van der Waals surface area contributed by atoms with E-state index in [9.17, 15) is 0 Å². The fourth-order valence-electron chi connectivity index (χ4n) is 2.59. The molecule has 0 saturated carbocycles. The van der Waals surface area contributed by atoms with E-state index in [0.29, 0.717) is 11.6 Å². The van der Waals surface area contributed by atoms with Gasteiger partial charge in [-0.3, -0.25) is 4.90 Å². The predicted octanol–water partition coefficient (Wildman–Crippen LogP) is 2.65. The Balaban J connectivity index is 1.80. The Hall–Kier alpha value is -1.74. The van der Waals surface area contributed by atoms with E-state index < -0.39 is 0 Å². The van der Waals surface area contributed by atoms with Gasteiger partial charge in [0.1, 0.15) is 5.01 Å². The van der Waals surface area contributed by atoms with Gasteiger partial charge in [-0.25, -0.2) is 4.98 Å². The molecule has 1 N–H and O–H groups in total. The molecule has 1 saturated heterocycles. The van der Waals surface area contributed by atoms with Crippen LogP contribution in [0.1, 0.15) is 23.5 Å². The third-order valence-electron chi connectivity index (χ3n) is 3.87. The van der Waals surface area contributed by atoms with Gasteiger partial charge >= 0.3 is 0 Å². The fourth-order valence-corrected chi connectivity index (χ4v) is 3.50. The van der Waals surface area contributed by atoms with Crippen molar-refractivity contribution >= 4 is 11.3 Å². The van der Waals surface area contributed by atoms with Crippen LogP contribution in [-0.2, 0) is 0 Å². The summed E-state index contributed by atoms with van der Waals surface area (Å²) in [6.07, 6.45) is 0. The second-order valence-corrected chi connectivity index (χ2v) is 6.12. The molecule has 0 spiro atoms. The summed E-state index contributed by atoms with van der Waals surface area (Å²) in [7, 11) is 0. The first-order valence-electron chi connectivity index (χ1n) is 7.18. The third-order valence-corrected chi connectivity index (χ3v) is 4.88. The summed E-state index contributed by atoms with van der Waals surface area (Å²) in [6, 6.07) is 10.2. The van der Waals surface area contributed by atoms with E-state index in [1.54, 1.807) is 11.3 Å². The SMILES string of the molecule is CC(c1nc(-c2cccc(C#N)c2)cs1)N1CCNCC1. The molecule has 1 unspecified atom stereocenters. The van der Waals surface area contributed by atoms with Crippen LogP contribution in [-0.4, -0.2) is 36.1 Å². The molecular formula is C16H18N4S. The maximum atomic E-state index is 8.99. The quantitative estimate of drug-likeness (QED) is 0.946. The molecule has 1 aromatic carbocycles. The molecule has 1 aliphatic rings. The van der Waals surface area contributed by atoms with Crippen molar-refractivity contribution in [3.63, 3.8) is 0 Å². The largest absolute Gasteiger partial charge is 0.314 e. The first-order chi connectivity index (χ1) is 10.3. The smallest absolute Gasteiger partial charge is 0.110 e. The summed E-state index contributed by atoms with van der Waals surface area (Å²) in [5.74, 6) is 0. The highest BCUT2D eigenvalue weighted by molar-refractivity contribution is 7.10. The predicted molar refractivity (Wildman–Crippen MR) is 85.1 cm³/mol. The molecule has 21 heavy (non-hydrogen) atoms. The van der Waals surface area contributed by atoms with Gasteiger partial charge in [-0.1, -0.05) is 12.1 Å². The zero-order valence-electron chi connectivity index (χ0n) is 12.0. The van der Waals surface area contributed by atoms with Gasteiger partial charge < -0.3 is 5.32 Å². The molecular weight excluding hydrogens is 280 g/mol. The van der Waals surface area contributed by atoms with Crippen molar-refractivity contribution in [1.29, 1.82) is 5.26 Å². The number of rotatable bonds is 3. The Morgan fingerprint density at radius 1 is 1.38 bits per heavy atom. The topological polar surface area (TPSA) is 52.0 Å². The van der Waals surface area contributed by atoms with E-state index in [0.717, 1.165) is 42.4 Å². The Morgan fingerprint density at radius 2 is 2.19 bits per heavy atom. The van der Waals surface area contributed by atoms with Crippen LogP contribution in [0.2, 0.25) is 0 Å². The molecule has 2 heterocycles. The molecule has 3 rings (SSSR count). The van der Waals surface area contributed by atoms with Crippen LogP contribution in [0.5, 0.6) is 0 Å². The fraction of sp³-hybridized carbons (Fsp3) is 0.375. The summed E-state index contributed by atoms with van der Waals surface area (Å²) in [6.45, 7) is 6.46. The normalized spacial score (nSPS) is 17.3. The number of nitriles is 1. The molecule has 0 amide bonds. The highest BCUT2D eigenvalue weighted by Gasteiger charge is 2.20. The molecule has 0 bridgehead atoms. The number of hydrogen-bond donors (Lipinski definition) is 1. The van der Waals surface area contributed by atoms with Gasteiger partial charge in [0.2, 0.25) is 0 Å². The monoisotopic (exact) mass is 298 g/mol. The lowest BCUT2D eigenvalue weighted by atomic mass is 10.1. The van der Waals surface area contributed by atoms with Gasteiger partial charge in [-0.2, -0.15) is 5.26 Å². The van der Waals surface area contributed by atoms with Gasteiger partial charge in [0.15, 0.2) is 0 Å². The first kappa shape index (κ1) is 14.2. The van der Waals surface area contributed by atoms with Crippen LogP contribution >= 0.6 is 11.3 Å². The van der Waals surface area contributed by atoms with E-state index in [4.69, 9.17) is 10.2 Å². The Bertz CT molecular complexity index is 652. The van der Waals surface area contributed by atoms with Crippen LogP contribution in [0.4, 0.5) is 0 Å².